The monoisotopic (exact) mass is 1030 g/mol. The molecule has 0 amide bonds. The number of rotatable bonds is 60. The summed E-state index contributed by atoms with van der Waals surface area (Å²) in [4.78, 5) is 38.4. The molecule has 0 rings (SSSR count). The zero-order valence-corrected chi connectivity index (χ0v) is 50.4. The third-order valence-electron chi connectivity index (χ3n) is 15.8. The summed E-state index contributed by atoms with van der Waals surface area (Å²) in [5.41, 5.74) is 0. The first-order chi connectivity index (χ1) is 35.6. The highest BCUT2D eigenvalue weighted by Gasteiger charge is 2.20. The lowest BCUT2D eigenvalue weighted by Crippen LogP contribution is -2.30. The lowest BCUT2D eigenvalue weighted by molar-refractivity contribution is -0.167. The van der Waals surface area contributed by atoms with E-state index in [1.54, 1.807) is 0 Å². The van der Waals surface area contributed by atoms with Gasteiger partial charge in [-0.15, -0.1) is 0 Å². The molecule has 0 aliphatic heterocycles. The van der Waals surface area contributed by atoms with E-state index in [9.17, 15) is 14.4 Å². The molecule has 0 saturated carbocycles. The molecular weight excluding hydrogens is 901 g/mol. The van der Waals surface area contributed by atoms with Crippen molar-refractivity contribution in [3.8, 4) is 0 Å². The molecular formula is C67H130O6. The van der Waals surface area contributed by atoms with Gasteiger partial charge >= 0.3 is 17.9 Å². The van der Waals surface area contributed by atoms with Gasteiger partial charge in [0.2, 0.25) is 0 Å². The van der Waals surface area contributed by atoms with Crippen molar-refractivity contribution in [2.45, 2.75) is 382 Å². The van der Waals surface area contributed by atoms with Gasteiger partial charge in [-0.25, -0.2) is 0 Å². The van der Waals surface area contributed by atoms with Crippen molar-refractivity contribution in [1.82, 2.24) is 0 Å². The number of unbranched alkanes of at least 4 members (excludes halogenated alkanes) is 42. The maximum absolute atomic E-state index is 12.9. The van der Waals surface area contributed by atoms with Crippen molar-refractivity contribution < 1.29 is 28.6 Å². The molecule has 73 heavy (non-hydrogen) atoms. The van der Waals surface area contributed by atoms with Crippen molar-refractivity contribution in [2.24, 2.45) is 17.8 Å². The summed E-state index contributed by atoms with van der Waals surface area (Å²) in [6.45, 7) is 13.9. The maximum atomic E-state index is 12.9. The second-order valence-corrected chi connectivity index (χ2v) is 24.3. The predicted octanol–water partition coefficient (Wildman–Crippen LogP) is 22.2. The van der Waals surface area contributed by atoms with Crippen molar-refractivity contribution >= 4 is 17.9 Å². The molecule has 0 saturated heterocycles. The molecule has 0 fully saturated rings. The third kappa shape index (κ3) is 59.5. The smallest absolute Gasteiger partial charge is 0.306 e. The topological polar surface area (TPSA) is 78.9 Å². The van der Waals surface area contributed by atoms with Crippen LogP contribution in [-0.2, 0) is 28.6 Å². The highest BCUT2D eigenvalue weighted by molar-refractivity contribution is 5.71. The third-order valence-corrected chi connectivity index (χ3v) is 15.8. The molecule has 1 unspecified atom stereocenters. The summed E-state index contributed by atoms with van der Waals surface area (Å²) in [7, 11) is 0. The minimum Gasteiger partial charge on any atom is -0.462 e. The molecule has 0 aliphatic carbocycles. The molecule has 0 heterocycles. The average Bonchev–Trinajstić information content (AvgIpc) is 3.37. The lowest BCUT2D eigenvalue weighted by atomic mass is 9.99. The van der Waals surface area contributed by atoms with E-state index in [1.165, 1.54) is 257 Å². The SMILES string of the molecule is CCC(C)CCCCCCCCCCCCCCCCC(=O)OC[C@@H](COC(=O)CCCCCCCCCCCCCCCCCC(C)C)OC(=O)CCCCCCCCCCCCCCCCCCC(C)C. The van der Waals surface area contributed by atoms with Crippen LogP contribution in [0.1, 0.15) is 375 Å². The quantitative estimate of drug-likeness (QED) is 0.0343. The van der Waals surface area contributed by atoms with Crippen LogP contribution in [0.5, 0.6) is 0 Å². The van der Waals surface area contributed by atoms with E-state index in [0.29, 0.717) is 19.3 Å². The summed E-state index contributed by atoms with van der Waals surface area (Å²) >= 11 is 0. The van der Waals surface area contributed by atoms with E-state index in [1.807, 2.05) is 0 Å². The van der Waals surface area contributed by atoms with Gasteiger partial charge in [0, 0.05) is 19.3 Å². The largest absolute Gasteiger partial charge is 0.462 e. The Bertz CT molecular complexity index is 1130. The normalized spacial score (nSPS) is 12.5. The van der Waals surface area contributed by atoms with Crippen molar-refractivity contribution in [2.75, 3.05) is 13.2 Å². The van der Waals surface area contributed by atoms with Crippen molar-refractivity contribution in [3.05, 3.63) is 0 Å². The molecule has 0 bridgehead atoms. The molecule has 6 nitrogen and oxygen atoms in total. The Morgan fingerprint density at radius 3 is 0.712 bits per heavy atom. The van der Waals surface area contributed by atoms with Gasteiger partial charge in [-0.05, 0) is 37.0 Å². The van der Waals surface area contributed by atoms with Crippen LogP contribution in [-0.4, -0.2) is 37.2 Å². The van der Waals surface area contributed by atoms with E-state index in [0.717, 1.165) is 75.5 Å². The number of ether oxygens (including phenoxy) is 3. The molecule has 0 aromatic rings. The number of hydrogen-bond donors (Lipinski definition) is 0. The van der Waals surface area contributed by atoms with Gasteiger partial charge in [0.15, 0.2) is 6.10 Å². The van der Waals surface area contributed by atoms with Crippen LogP contribution in [0, 0.1) is 17.8 Å². The molecule has 0 spiro atoms. The Hall–Kier alpha value is -1.59. The summed E-state index contributed by atoms with van der Waals surface area (Å²) in [6.07, 6.45) is 63.8. The number of esters is 3. The van der Waals surface area contributed by atoms with Gasteiger partial charge in [-0.3, -0.25) is 14.4 Å². The second kappa shape index (κ2) is 58.1. The molecule has 0 aromatic heterocycles. The van der Waals surface area contributed by atoms with E-state index < -0.39 is 6.10 Å². The minimum atomic E-state index is -0.765. The van der Waals surface area contributed by atoms with Crippen LogP contribution in [0.25, 0.3) is 0 Å². The molecule has 6 heteroatoms. The Labute approximate surface area is 457 Å². The van der Waals surface area contributed by atoms with Crippen LogP contribution in [0.2, 0.25) is 0 Å². The van der Waals surface area contributed by atoms with E-state index >= 15 is 0 Å². The Morgan fingerprint density at radius 2 is 0.479 bits per heavy atom. The summed E-state index contributed by atoms with van der Waals surface area (Å²) < 4.78 is 17.0. The summed E-state index contributed by atoms with van der Waals surface area (Å²) in [5, 5.41) is 0. The number of hydrogen-bond acceptors (Lipinski definition) is 6. The Balaban J connectivity index is 4.30. The zero-order chi connectivity index (χ0) is 53.3. The fraction of sp³-hybridized carbons (Fsp3) is 0.955. The molecule has 0 radical (unpaired) electrons. The highest BCUT2D eigenvalue weighted by atomic mass is 16.6. The first-order valence-electron chi connectivity index (χ1n) is 33.1. The second-order valence-electron chi connectivity index (χ2n) is 24.3. The summed E-state index contributed by atoms with van der Waals surface area (Å²) in [6, 6.07) is 0. The van der Waals surface area contributed by atoms with Crippen molar-refractivity contribution in [1.29, 1.82) is 0 Å². The van der Waals surface area contributed by atoms with E-state index in [4.69, 9.17) is 14.2 Å². The van der Waals surface area contributed by atoms with E-state index in [-0.39, 0.29) is 31.1 Å². The van der Waals surface area contributed by atoms with Crippen LogP contribution >= 0.6 is 0 Å². The minimum absolute atomic E-state index is 0.0623. The summed E-state index contributed by atoms with van der Waals surface area (Å²) in [5.74, 6) is 1.76. The van der Waals surface area contributed by atoms with Crippen LogP contribution in [0.3, 0.4) is 0 Å². The van der Waals surface area contributed by atoms with Gasteiger partial charge in [0.25, 0.3) is 0 Å². The van der Waals surface area contributed by atoms with Gasteiger partial charge < -0.3 is 14.2 Å². The number of carbonyl (C=O) groups is 3. The van der Waals surface area contributed by atoms with E-state index in [2.05, 4.69) is 41.5 Å². The molecule has 434 valence electrons. The molecule has 0 aromatic carbocycles. The van der Waals surface area contributed by atoms with Gasteiger partial charge in [0.1, 0.15) is 13.2 Å². The van der Waals surface area contributed by atoms with Crippen LogP contribution < -0.4 is 0 Å². The van der Waals surface area contributed by atoms with Gasteiger partial charge in [-0.2, -0.15) is 0 Å². The number of carbonyl (C=O) groups excluding carboxylic acids is 3. The van der Waals surface area contributed by atoms with Crippen LogP contribution in [0.15, 0.2) is 0 Å². The van der Waals surface area contributed by atoms with Crippen LogP contribution in [0.4, 0.5) is 0 Å². The average molecular weight is 1030 g/mol. The standard InChI is InChI=1S/C67H130O6/c1-7-63(6)55-49-43-37-31-25-19-15-16-21-27-33-39-45-51-57-66(69)72-60-64(59-71-65(68)56-50-44-38-32-26-20-14-10-12-18-24-30-36-42-48-54-62(4)5)73-67(70)58-52-46-40-34-28-22-13-9-8-11-17-23-29-35-41-47-53-61(2)3/h61-64H,7-60H2,1-6H3/t63?,64-/m1/s1. The maximum Gasteiger partial charge on any atom is 0.306 e. The predicted molar refractivity (Wildman–Crippen MR) is 316 cm³/mol. The Morgan fingerprint density at radius 1 is 0.274 bits per heavy atom. The lowest BCUT2D eigenvalue weighted by Gasteiger charge is -2.18. The molecule has 2 atom stereocenters. The first-order valence-corrected chi connectivity index (χ1v) is 33.1. The first kappa shape index (κ1) is 71.4. The molecule has 0 N–H and O–H groups in total. The molecule has 0 aliphatic rings. The fourth-order valence-corrected chi connectivity index (χ4v) is 10.4. The van der Waals surface area contributed by atoms with Crippen molar-refractivity contribution in [3.63, 3.8) is 0 Å². The van der Waals surface area contributed by atoms with Gasteiger partial charge in [0.05, 0.1) is 0 Å². The Kier molecular flexibility index (Phi) is 56.8. The zero-order valence-electron chi connectivity index (χ0n) is 50.4. The highest BCUT2D eigenvalue weighted by Crippen LogP contribution is 2.20. The fourth-order valence-electron chi connectivity index (χ4n) is 10.4. The van der Waals surface area contributed by atoms with Gasteiger partial charge in [-0.1, -0.05) is 337 Å².